The Morgan fingerprint density at radius 2 is 1.97 bits per heavy atom. The molecule has 36 heavy (non-hydrogen) atoms. The van der Waals surface area contributed by atoms with Crippen LogP contribution in [0.4, 0.5) is 11.4 Å². The van der Waals surface area contributed by atoms with E-state index in [2.05, 4.69) is 29.8 Å². The van der Waals surface area contributed by atoms with Crippen LogP contribution >= 0.6 is 11.3 Å². The van der Waals surface area contributed by atoms with Crippen LogP contribution in [0.3, 0.4) is 0 Å². The summed E-state index contributed by atoms with van der Waals surface area (Å²) >= 11 is 1.01. The second-order valence-electron chi connectivity index (χ2n) is 8.49. The molecule has 0 radical (unpaired) electrons. The maximum atomic E-state index is 12.8. The summed E-state index contributed by atoms with van der Waals surface area (Å²) in [5, 5.41) is 26.4. The maximum absolute atomic E-state index is 12.8. The Labute approximate surface area is 214 Å². The highest BCUT2D eigenvalue weighted by molar-refractivity contribution is 7.07. The Morgan fingerprint density at radius 1 is 1.25 bits per heavy atom. The fraction of sp³-hybridized carbons (Fsp3) is 0.400. The van der Waals surface area contributed by atoms with Crippen molar-refractivity contribution >= 4 is 46.3 Å². The van der Waals surface area contributed by atoms with Gasteiger partial charge in [0.2, 0.25) is 5.91 Å². The highest BCUT2D eigenvalue weighted by atomic mass is 32.1. The third-order valence-electron chi connectivity index (χ3n) is 5.12. The van der Waals surface area contributed by atoms with E-state index in [9.17, 15) is 19.6 Å². The first-order valence-electron chi connectivity index (χ1n) is 11.5. The minimum absolute atomic E-state index is 0.120. The van der Waals surface area contributed by atoms with Crippen molar-refractivity contribution in [3.8, 4) is 12.1 Å². The Kier molecular flexibility index (Phi) is 10.9. The molecule has 0 unspecified atom stereocenters. The number of rotatable bonds is 11. The maximum Gasteiger partial charge on any atom is 0.270 e. The number of benzene rings is 1. The lowest BCUT2D eigenvalue weighted by Crippen LogP contribution is -2.34. The third kappa shape index (κ3) is 8.08. The number of carbonyl (C=O) groups is 2. The van der Waals surface area contributed by atoms with E-state index in [1.165, 1.54) is 10.8 Å². The number of hydrogen-bond donors (Lipinski definition) is 3. The molecule has 10 nitrogen and oxygen atoms in total. The Morgan fingerprint density at radius 3 is 2.61 bits per heavy atom. The molecule has 0 aliphatic heterocycles. The quantitative estimate of drug-likeness (QED) is 0.384. The van der Waals surface area contributed by atoms with Crippen LogP contribution in [0.2, 0.25) is 0 Å². The van der Waals surface area contributed by atoms with Gasteiger partial charge in [-0.1, -0.05) is 19.9 Å². The van der Waals surface area contributed by atoms with Crippen molar-refractivity contribution in [1.29, 1.82) is 10.5 Å². The molecule has 0 saturated heterocycles. The topological polar surface area (TPSA) is 143 Å². The highest BCUT2D eigenvalue weighted by Crippen LogP contribution is 2.15. The molecule has 0 atom stereocenters. The van der Waals surface area contributed by atoms with Crippen molar-refractivity contribution in [2.75, 3.05) is 37.3 Å². The predicted molar refractivity (Wildman–Crippen MR) is 141 cm³/mol. The number of nitrogens with one attached hydrogen (secondary N) is 3. The first kappa shape index (κ1) is 28.3. The number of carbonyl (C=O) groups excluding carboxylic acids is 2. The second kappa shape index (κ2) is 13.8. The van der Waals surface area contributed by atoms with E-state index in [0.29, 0.717) is 21.8 Å². The molecular weight excluding hydrogens is 478 g/mol. The lowest BCUT2D eigenvalue weighted by molar-refractivity contribution is -0.117. The average molecular weight is 510 g/mol. The van der Waals surface area contributed by atoms with Gasteiger partial charge in [0.1, 0.15) is 21.8 Å². The predicted octanol–water partition coefficient (Wildman–Crippen LogP) is 1.01. The van der Waals surface area contributed by atoms with Gasteiger partial charge in [0.25, 0.3) is 11.5 Å². The van der Waals surface area contributed by atoms with Crippen molar-refractivity contribution < 1.29 is 9.59 Å². The minimum atomic E-state index is -0.708. The van der Waals surface area contributed by atoms with Crippen LogP contribution in [0.1, 0.15) is 27.2 Å². The summed E-state index contributed by atoms with van der Waals surface area (Å²) in [6.45, 7) is 7.17. The summed E-state index contributed by atoms with van der Waals surface area (Å²) < 4.78 is 1.86. The van der Waals surface area contributed by atoms with E-state index < -0.39 is 5.91 Å². The van der Waals surface area contributed by atoms with E-state index in [1.807, 2.05) is 18.0 Å². The van der Waals surface area contributed by atoms with Crippen LogP contribution in [-0.4, -0.2) is 48.0 Å². The van der Waals surface area contributed by atoms with Gasteiger partial charge in [-0.3, -0.25) is 23.9 Å². The summed E-state index contributed by atoms with van der Waals surface area (Å²) in [6, 6.07) is 10.7. The van der Waals surface area contributed by atoms with Crippen LogP contribution in [0.15, 0.2) is 29.1 Å². The average Bonchev–Trinajstić information content (AvgIpc) is 3.15. The fourth-order valence-corrected chi connectivity index (χ4v) is 4.32. The van der Waals surface area contributed by atoms with Crippen LogP contribution in [0.5, 0.6) is 0 Å². The molecule has 190 valence electrons. The van der Waals surface area contributed by atoms with E-state index in [-0.39, 0.29) is 41.3 Å². The molecule has 0 fully saturated rings. The summed E-state index contributed by atoms with van der Waals surface area (Å²) in [6.07, 6.45) is 2.52. The zero-order valence-electron chi connectivity index (χ0n) is 20.9. The van der Waals surface area contributed by atoms with Gasteiger partial charge in [0.15, 0.2) is 5.57 Å². The first-order valence-corrected chi connectivity index (χ1v) is 12.4. The molecule has 11 heteroatoms. The van der Waals surface area contributed by atoms with Gasteiger partial charge in [-0.15, -0.1) is 11.3 Å². The van der Waals surface area contributed by atoms with Crippen LogP contribution < -0.4 is 30.7 Å². The zero-order valence-corrected chi connectivity index (χ0v) is 21.7. The van der Waals surface area contributed by atoms with E-state index in [1.54, 1.807) is 37.3 Å². The molecular formula is C25H31N7O3S. The number of amides is 2. The molecule has 0 bridgehead atoms. The SMILES string of the molecule is CCn1c(=C(C#N)C(=O)NCC#N)sc(=CNc2cccc(NC(=O)CN(C)CCC(C)C)c2)c1=O. The monoisotopic (exact) mass is 509 g/mol. The summed E-state index contributed by atoms with van der Waals surface area (Å²) in [4.78, 5) is 39.5. The molecule has 2 rings (SSSR count). The van der Waals surface area contributed by atoms with E-state index >= 15 is 0 Å². The smallest absolute Gasteiger partial charge is 0.270 e. The molecule has 0 aliphatic rings. The van der Waals surface area contributed by atoms with Gasteiger partial charge in [-0.2, -0.15) is 10.5 Å². The lowest BCUT2D eigenvalue weighted by Gasteiger charge is -2.17. The number of nitriles is 2. The third-order valence-corrected chi connectivity index (χ3v) is 6.25. The molecule has 0 spiro atoms. The van der Waals surface area contributed by atoms with Gasteiger partial charge in [-0.05, 0) is 51.1 Å². The number of anilines is 2. The van der Waals surface area contributed by atoms with Gasteiger partial charge >= 0.3 is 0 Å². The Bertz CT molecular complexity index is 1350. The van der Waals surface area contributed by atoms with Crippen molar-refractivity contribution in [2.24, 2.45) is 5.92 Å². The van der Waals surface area contributed by atoms with Crippen molar-refractivity contribution in [2.45, 2.75) is 33.7 Å². The number of likely N-dealkylation sites (N-methyl/N-ethyl adjacent to an activating group) is 1. The molecule has 1 aromatic carbocycles. The number of hydrogen-bond acceptors (Lipinski definition) is 8. The summed E-state index contributed by atoms with van der Waals surface area (Å²) in [5.41, 5.74) is 0.689. The Balaban J connectivity index is 2.23. The van der Waals surface area contributed by atoms with Gasteiger partial charge in [0.05, 0.1) is 12.6 Å². The Hall–Kier alpha value is -3.93. The normalized spacial score (nSPS) is 12.2. The van der Waals surface area contributed by atoms with E-state index in [4.69, 9.17) is 5.26 Å². The molecule has 2 amide bonds. The van der Waals surface area contributed by atoms with Crippen LogP contribution in [0.25, 0.3) is 11.8 Å². The molecule has 1 aromatic heterocycles. The van der Waals surface area contributed by atoms with Gasteiger partial charge in [0, 0.05) is 24.1 Å². The van der Waals surface area contributed by atoms with E-state index in [0.717, 1.165) is 24.3 Å². The zero-order chi connectivity index (χ0) is 26.7. The first-order chi connectivity index (χ1) is 17.2. The second-order valence-corrected chi connectivity index (χ2v) is 9.52. The van der Waals surface area contributed by atoms with Crippen LogP contribution in [-0.2, 0) is 16.1 Å². The van der Waals surface area contributed by atoms with Crippen molar-refractivity contribution in [1.82, 2.24) is 14.8 Å². The number of aromatic nitrogens is 1. The van der Waals surface area contributed by atoms with Crippen molar-refractivity contribution in [3.05, 3.63) is 43.8 Å². The number of thiazole rings is 1. The number of nitrogens with zero attached hydrogens (tertiary/aromatic N) is 4. The van der Waals surface area contributed by atoms with Crippen LogP contribution in [0, 0.1) is 28.6 Å². The standard InChI is InChI=1S/C25H31N7O3S/c1-5-32-24(35)21(36-25(32)20(14-27)23(34)28-11-10-26)15-29-18-7-6-8-19(13-18)30-22(33)16-31(4)12-9-17(2)3/h6-8,13,15,17,29H,5,9,11-12,16H2,1-4H3,(H,28,34)(H,30,33). The molecule has 3 N–H and O–H groups in total. The molecule has 1 heterocycles. The molecule has 0 saturated carbocycles. The molecule has 2 aromatic rings. The fourth-order valence-electron chi connectivity index (χ4n) is 3.24. The molecule has 0 aliphatic carbocycles. The summed E-state index contributed by atoms with van der Waals surface area (Å²) in [5.74, 6) is -0.258. The van der Waals surface area contributed by atoms with Crippen molar-refractivity contribution in [3.63, 3.8) is 0 Å². The highest BCUT2D eigenvalue weighted by Gasteiger charge is 2.15. The summed E-state index contributed by atoms with van der Waals surface area (Å²) in [7, 11) is 1.91. The largest absolute Gasteiger partial charge is 0.360 e. The van der Waals surface area contributed by atoms with Gasteiger partial charge < -0.3 is 16.0 Å². The lowest BCUT2D eigenvalue weighted by atomic mass is 10.1. The minimum Gasteiger partial charge on any atom is -0.360 e. The van der Waals surface area contributed by atoms with Gasteiger partial charge in [-0.25, -0.2) is 0 Å².